The summed E-state index contributed by atoms with van der Waals surface area (Å²) in [6, 6.07) is 19.1. The quantitative estimate of drug-likeness (QED) is 0.774. The molecule has 4 nitrogen and oxygen atoms in total. The number of carbonyl (C=O) groups is 1. The molecule has 0 spiro atoms. The van der Waals surface area contributed by atoms with Crippen LogP contribution in [-0.4, -0.2) is 29.4 Å². The van der Waals surface area contributed by atoms with Crippen LogP contribution in [0.5, 0.6) is 0 Å². The van der Waals surface area contributed by atoms with Gasteiger partial charge in [0.1, 0.15) is 0 Å². The maximum absolute atomic E-state index is 11.8. The van der Waals surface area contributed by atoms with Crippen LogP contribution in [0.3, 0.4) is 0 Å². The van der Waals surface area contributed by atoms with Crippen molar-refractivity contribution >= 4 is 17.7 Å². The first-order valence-corrected chi connectivity index (χ1v) is 8.88. The zero-order valence-electron chi connectivity index (χ0n) is 13.3. The van der Waals surface area contributed by atoms with Crippen LogP contribution >= 0.6 is 11.8 Å². The molecule has 1 atom stereocenters. The van der Waals surface area contributed by atoms with Gasteiger partial charge in [0.2, 0.25) is 5.91 Å². The normalized spacial score (nSPS) is 11.5. The molecule has 0 aromatic heterocycles. The molecule has 0 aliphatic heterocycles. The second-order valence-corrected chi connectivity index (χ2v) is 6.43. The zero-order chi connectivity index (χ0) is 17.2. The maximum atomic E-state index is 11.8. The van der Waals surface area contributed by atoms with Gasteiger partial charge >= 0.3 is 0 Å². The van der Waals surface area contributed by atoms with Crippen LogP contribution in [-0.2, 0) is 17.0 Å². The number of nitrogens with one attached hydrogen (secondary N) is 1. The Labute approximate surface area is 146 Å². The first kappa shape index (κ1) is 18.1. The first-order valence-electron chi connectivity index (χ1n) is 7.73. The lowest BCUT2D eigenvalue weighted by Crippen LogP contribution is -2.34. The van der Waals surface area contributed by atoms with E-state index < -0.39 is 6.10 Å². The van der Waals surface area contributed by atoms with E-state index in [0.29, 0.717) is 23.5 Å². The monoisotopic (exact) mass is 340 g/mol. The van der Waals surface area contributed by atoms with E-state index in [-0.39, 0.29) is 12.5 Å². The van der Waals surface area contributed by atoms with Crippen LogP contribution in [0.1, 0.15) is 16.7 Å². The number of thioether (sulfide) groups is 1. The van der Waals surface area contributed by atoms with Gasteiger partial charge < -0.3 is 10.4 Å². The van der Waals surface area contributed by atoms with E-state index in [1.165, 1.54) is 11.8 Å². The van der Waals surface area contributed by atoms with Gasteiger partial charge in [0.25, 0.3) is 0 Å². The van der Waals surface area contributed by atoms with Crippen molar-refractivity contribution in [3.8, 4) is 6.07 Å². The van der Waals surface area contributed by atoms with Crippen molar-refractivity contribution in [2.45, 2.75) is 18.3 Å². The number of amides is 1. The van der Waals surface area contributed by atoms with E-state index in [1.807, 2.05) is 42.5 Å². The average Bonchev–Trinajstić information content (AvgIpc) is 2.61. The molecule has 2 N–H and O–H groups in total. The zero-order valence-corrected chi connectivity index (χ0v) is 14.1. The fourth-order valence-electron chi connectivity index (χ4n) is 2.18. The predicted octanol–water partition coefficient (Wildman–Crippen LogP) is 2.51. The Bertz CT molecular complexity index is 681. The van der Waals surface area contributed by atoms with Crippen molar-refractivity contribution in [1.29, 1.82) is 5.26 Å². The molecule has 5 heteroatoms. The van der Waals surface area contributed by atoms with E-state index in [2.05, 4.69) is 11.4 Å². The third-order valence-corrected chi connectivity index (χ3v) is 4.44. The molecule has 1 amide bonds. The lowest BCUT2D eigenvalue weighted by molar-refractivity contribution is -0.119. The number of aliphatic hydroxyl groups is 1. The van der Waals surface area contributed by atoms with Gasteiger partial charge in [0, 0.05) is 18.7 Å². The highest BCUT2D eigenvalue weighted by atomic mass is 32.2. The second kappa shape index (κ2) is 9.76. The summed E-state index contributed by atoms with van der Waals surface area (Å²) in [5.41, 5.74) is 2.76. The number of nitriles is 1. The van der Waals surface area contributed by atoms with Crippen LogP contribution in [0.2, 0.25) is 0 Å². The molecule has 0 aliphatic carbocycles. The van der Waals surface area contributed by atoms with Gasteiger partial charge in [-0.05, 0) is 23.3 Å². The number of nitrogens with zero attached hydrogens (tertiary/aromatic N) is 1. The Morgan fingerprint density at radius 1 is 1.12 bits per heavy atom. The Morgan fingerprint density at radius 3 is 2.50 bits per heavy atom. The summed E-state index contributed by atoms with van der Waals surface area (Å²) in [6.45, 7) is 0.255. The fraction of sp³-hybridized carbons (Fsp3) is 0.263. The molecule has 0 saturated heterocycles. The molecule has 24 heavy (non-hydrogen) atoms. The predicted molar refractivity (Wildman–Crippen MR) is 96.5 cm³/mol. The highest BCUT2D eigenvalue weighted by Gasteiger charge is 2.08. The van der Waals surface area contributed by atoms with Gasteiger partial charge in [-0.1, -0.05) is 42.5 Å². The number of rotatable bonds is 8. The third kappa shape index (κ3) is 6.45. The molecular weight excluding hydrogens is 320 g/mol. The smallest absolute Gasteiger partial charge is 0.230 e. The highest BCUT2D eigenvalue weighted by molar-refractivity contribution is 7.99. The minimum absolute atomic E-state index is 0.0826. The Balaban J connectivity index is 1.63. The van der Waals surface area contributed by atoms with Gasteiger partial charge in [-0.15, -0.1) is 11.8 Å². The second-order valence-electron chi connectivity index (χ2n) is 5.45. The summed E-state index contributed by atoms with van der Waals surface area (Å²) in [4.78, 5) is 11.8. The van der Waals surface area contributed by atoms with E-state index in [4.69, 9.17) is 5.26 Å². The molecule has 0 radical (unpaired) electrons. The molecule has 0 fully saturated rings. The van der Waals surface area contributed by atoms with Crippen molar-refractivity contribution in [2.75, 3.05) is 12.3 Å². The summed E-state index contributed by atoms with van der Waals surface area (Å²) >= 11 is 1.51. The molecule has 0 bridgehead atoms. The molecule has 2 aromatic rings. The number of carbonyl (C=O) groups excluding carboxylic acids is 1. The molecule has 0 aliphatic rings. The van der Waals surface area contributed by atoms with E-state index in [9.17, 15) is 9.90 Å². The van der Waals surface area contributed by atoms with Crippen LogP contribution in [0.15, 0.2) is 54.6 Å². The number of hydrogen-bond acceptors (Lipinski definition) is 4. The number of aliphatic hydroxyl groups excluding tert-OH is 1. The molecule has 0 saturated carbocycles. The van der Waals surface area contributed by atoms with Crippen molar-refractivity contribution in [3.63, 3.8) is 0 Å². The van der Waals surface area contributed by atoms with Crippen molar-refractivity contribution < 1.29 is 9.90 Å². The van der Waals surface area contributed by atoms with Gasteiger partial charge in [-0.2, -0.15) is 5.26 Å². The van der Waals surface area contributed by atoms with Crippen LogP contribution in [0, 0.1) is 11.3 Å². The number of hydrogen-bond donors (Lipinski definition) is 2. The third-order valence-electron chi connectivity index (χ3n) is 3.43. The summed E-state index contributed by atoms with van der Waals surface area (Å²) < 4.78 is 0. The average molecular weight is 340 g/mol. The summed E-state index contributed by atoms with van der Waals surface area (Å²) in [5.74, 6) is 0.977. The van der Waals surface area contributed by atoms with Gasteiger partial charge in [0.05, 0.1) is 23.5 Å². The van der Waals surface area contributed by atoms with Gasteiger partial charge in [0.15, 0.2) is 0 Å². The highest BCUT2D eigenvalue weighted by Crippen LogP contribution is 2.12. The van der Waals surface area contributed by atoms with E-state index in [1.54, 1.807) is 12.1 Å². The summed E-state index contributed by atoms with van der Waals surface area (Å²) in [7, 11) is 0. The Morgan fingerprint density at radius 2 is 1.83 bits per heavy atom. The van der Waals surface area contributed by atoms with Crippen LogP contribution in [0.4, 0.5) is 0 Å². The minimum atomic E-state index is -0.583. The van der Waals surface area contributed by atoms with Gasteiger partial charge in [-0.3, -0.25) is 4.79 Å². The molecule has 0 heterocycles. The minimum Gasteiger partial charge on any atom is -0.391 e. The largest absolute Gasteiger partial charge is 0.391 e. The SMILES string of the molecule is N#Cc1ccc(CSCC(=O)NCC(O)Cc2ccccc2)cc1. The molecule has 124 valence electrons. The lowest BCUT2D eigenvalue weighted by atomic mass is 10.1. The van der Waals surface area contributed by atoms with Crippen molar-refractivity contribution in [3.05, 3.63) is 71.3 Å². The molecule has 1 unspecified atom stereocenters. The van der Waals surface area contributed by atoms with E-state index >= 15 is 0 Å². The summed E-state index contributed by atoms with van der Waals surface area (Å²) in [6.07, 6.45) is -0.0562. The van der Waals surface area contributed by atoms with Gasteiger partial charge in [-0.25, -0.2) is 0 Å². The van der Waals surface area contributed by atoms with E-state index in [0.717, 1.165) is 11.1 Å². The van der Waals surface area contributed by atoms with Crippen molar-refractivity contribution in [1.82, 2.24) is 5.32 Å². The lowest BCUT2D eigenvalue weighted by Gasteiger charge is -2.12. The topological polar surface area (TPSA) is 73.1 Å². The molecule has 2 aromatic carbocycles. The fourth-order valence-corrected chi connectivity index (χ4v) is 3.00. The Hall–Kier alpha value is -2.29. The van der Waals surface area contributed by atoms with Crippen LogP contribution < -0.4 is 5.32 Å². The first-order chi connectivity index (χ1) is 11.7. The van der Waals surface area contributed by atoms with Crippen molar-refractivity contribution in [2.24, 2.45) is 0 Å². The molecular formula is C19H20N2O2S. The standard InChI is InChI=1S/C19H20N2O2S/c20-11-16-6-8-17(9-7-16)13-24-14-19(23)21-12-18(22)10-15-4-2-1-3-5-15/h1-9,18,22H,10,12-14H2,(H,21,23). The Kier molecular flexibility index (Phi) is 7.34. The maximum Gasteiger partial charge on any atom is 0.230 e. The number of benzene rings is 2. The molecule has 2 rings (SSSR count). The summed E-state index contributed by atoms with van der Waals surface area (Å²) in [5, 5.41) is 21.5. The van der Waals surface area contributed by atoms with Crippen LogP contribution in [0.25, 0.3) is 0 Å².